The molecule has 1 aliphatic rings. The molecule has 1 N–H and O–H groups in total. The molecule has 23 heavy (non-hydrogen) atoms. The van der Waals surface area contributed by atoms with Gasteiger partial charge in [-0.15, -0.1) is 0 Å². The maximum Gasteiger partial charge on any atom is 0.303 e. The van der Waals surface area contributed by atoms with Crippen molar-refractivity contribution >= 4 is 16.0 Å². The maximum absolute atomic E-state index is 12.5. The summed E-state index contributed by atoms with van der Waals surface area (Å²) in [6.45, 7) is 0.207. The minimum atomic E-state index is -3.54. The van der Waals surface area contributed by atoms with Crippen LogP contribution in [0.25, 0.3) is 0 Å². The average molecular weight is 339 g/mol. The van der Waals surface area contributed by atoms with Crippen LogP contribution in [0.5, 0.6) is 0 Å². The summed E-state index contributed by atoms with van der Waals surface area (Å²) >= 11 is 0. The van der Waals surface area contributed by atoms with Gasteiger partial charge in [0.05, 0.1) is 4.90 Å². The summed E-state index contributed by atoms with van der Waals surface area (Å²) in [6, 6.07) is 7.20. The monoisotopic (exact) mass is 339 g/mol. The van der Waals surface area contributed by atoms with E-state index < -0.39 is 16.0 Å². The molecule has 0 aromatic heterocycles. The van der Waals surface area contributed by atoms with Gasteiger partial charge in [-0.1, -0.05) is 31.4 Å². The average Bonchev–Trinajstić information content (AvgIpc) is 2.55. The van der Waals surface area contributed by atoms with Crippen molar-refractivity contribution in [2.75, 3.05) is 13.6 Å². The van der Waals surface area contributed by atoms with E-state index in [2.05, 4.69) is 0 Å². The van der Waals surface area contributed by atoms with Gasteiger partial charge in [-0.05, 0) is 42.9 Å². The van der Waals surface area contributed by atoms with Gasteiger partial charge < -0.3 is 5.11 Å². The van der Waals surface area contributed by atoms with Crippen molar-refractivity contribution in [2.24, 2.45) is 0 Å². The number of carboxylic acid groups (broad SMARTS) is 1. The minimum Gasteiger partial charge on any atom is -0.481 e. The van der Waals surface area contributed by atoms with Crippen LogP contribution in [0.15, 0.2) is 29.2 Å². The molecule has 6 heteroatoms. The summed E-state index contributed by atoms with van der Waals surface area (Å²) in [5.41, 5.74) is 1.22. The van der Waals surface area contributed by atoms with Gasteiger partial charge in [-0.2, -0.15) is 0 Å². The molecule has 0 aliphatic heterocycles. The largest absolute Gasteiger partial charge is 0.481 e. The smallest absolute Gasteiger partial charge is 0.303 e. The van der Waals surface area contributed by atoms with Crippen LogP contribution in [0.2, 0.25) is 0 Å². The van der Waals surface area contributed by atoms with Gasteiger partial charge >= 0.3 is 5.97 Å². The standard InChI is InChI=1S/C17H25NO4S/c1-18(13-5-8-17(19)20)23(21,22)16-11-9-15(10-12-16)14-6-3-2-4-7-14/h9-12,14H,2-8,13H2,1H3,(H,19,20). The summed E-state index contributed by atoms with van der Waals surface area (Å²) in [6.07, 6.45) is 6.44. The number of benzene rings is 1. The van der Waals surface area contributed by atoms with Gasteiger partial charge in [0.1, 0.15) is 0 Å². The first-order chi connectivity index (χ1) is 10.9. The van der Waals surface area contributed by atoms with Crippen molar-refractivity contribution in [3.8, 4) is 0 Å². The first-order valence-electron chi connectivity index (χ1n) is 8.19. The van der Waals surface area contributed by atoms with Crippen LogP contribution < -0.4 is 0 Å². The highest BCUT2D eigenvalue weighted by Crippen LogP contribution is 2.33. The number of hydrogen-bond acceptors (Lipinski definition) is 3. The van der Waals surface area contributed by atoms with E-state index in [4.69, 9.17) is 5.11 Å². The lowest BCUT2D eigenvalue weighted by Crippen LogP contribution is -2.28. The minimum absolute atomic E-state index is 0.0273. The van der Waals surface area contributed by atoms with Crippen LogP contribution >= 0.6 is 0 Å². The highest BCUT2D eigenvalue weighted by Gasteiger charge is 2.22. The van der Waals surface area contributed by atoms with E-state index in [1.165, 1.54) is 49.0 Å². The fourth-order valence-electron chi connectivity index (χ4n) is 3.10. The second-order valence-corrected chi connectivity index (χ2v) is 8.27. The van der Waals surface area contributed by atoms with E-state index in [0.29, 0.717) is 12.3 Å². The number of aliphatic carboxylic acids is 1. The second-order valence-electron chi connectivity index (χ2n) is 6.23. The van der Waals surface area contributed by atoms with E-state index in [1.807, 2.05) is 12.1 Å². The Morgan fingerprint density at radius 3 is 2.35 bits per heavy atom. The number of carboxylic acids is 1. The normalized spacial score (nSPS) is 16.6. The zero-order chi connectivity index (χ0) is 16.9. The maximum atomic E-state index is 12.5. The van der Waals surface area contributed by atoms with Crippen molar-refractivity contribution < 1.29 is 18.3 Å². The summed E-state index contributed by atoms with van der Waals surface area (Å²) in [5, 5.41) is 8.63. The quantitative estimate of drug-likeness (QED) is 0.827. The van der Waals surface area contributed by atoms with Crippen molar-refractivity contribution in [2.45, 2.75) is 55.8 Å². The van der Waals surface area contributed by atoms with Gasteiger partial charge in [0.15, 0.2) is 0 Å². The fourth-order valence-corrected chi connectivity index (χ4v) is 4.31. The lowest BCUT2D eigenvalue weighted by atomic mass is 9.84. The summed E-state index contributed by atoms with van der Waals surface area (Å²) < 4.78 is 26.2. The Morgan fingerprint density at radius 2 is 1.78 bits per heavy atom. The Kier molecular flexibility index (Phi) is 6.18. The van der Waals surface area contributed by atoms with Crippen LogP contribution in [0.3, 0.4) is 0 Å². The summed E-state index contributed by atoms with van der Waals surface area (Å²) in [4.78, 5) is 10.8. The molecule has 0 atom stereocenters. The number of rotatable bonds is 7. The van der Waals surface area contributed by atoms with E-state index in [-0.39, 0.29) is 17.9 Å². The van der Waals surface area contributed by atoms with Crippen LogP contribution in [0.1, 0.15) is 56.4 Å². The lowest BCUT2D eigenvalue weighted by molar-refractivity contribution is -0.137. The first-order valence-corrected chi connectivity index (χ1v) is 9.63. The molecule has 2 rings (SSSR count). The molecule has 1 aromatic rings. The van der Waals surface area contributed by atoms with E-state index in [9.17, 15) is 13.2 Å². The molecule has 1 aromatic carbocycles. The molecule has 1 saturated carbocycles. The molecule has 0 saturated heterocycles. The summed E-state index contributed by atoms with van der Waals surface area (Å²) in [5.74, 6) is -0.360. The molecular weight excluding hydrogens is 314 g/mol. The van der Waals surface area contributed by atoms with Crippen molar-refractivity contribution in [3.63, 3.8) is 0 Å². The predicted octanol–water partition coefficient (Wildman–Crippen LogP) is 3.22. The van der Waals surface area contributed by atoms with Crippen molar-refractivity contribution in [1.29, 1.82) is 0 Å². The molecule has 0 unspecified atom stereocenters. The third kappa shape index (κ3) is 4.78. The Labute approximate surface area is 138 Å². The third-order valence-corrected chi connectivity index (χ3v) is 6.40. The van der Waals surface area contributed by atoms with Gasteiger partial charge in [-0.3, -0.25) is 4.79 Å². The lowest BCUT2D eigenvalue weighted by Gasteiger charge is -2.22. The molecule has 0 bridgehead atoms. The Hall–Kier alpha value is -1.40. The number of carbonyl (C=O) groups is 1. The predicted molar refractivity (Wildman–Crippen MR) is 89.0 cm³/mol. The Morgan fingerprint density at radius 1 is 1.17 bits per heavy atom. The Bertz CT molecular complexity index is 618. The second kappa shape index (κ2) is 7.93. The summed E-state index contributed by atoms with van der Waals surface area (Å²) in [7, 11) is -2.05. The first kappa shape index (κ1) is 17.9. The number of hydrogen-bond donors (Lipinski definition) is 1. The van der Waals surface area contributed by atoms with Crippen molar-refractivity contribution in [3.05, 3.63) is 29.8 Å². The van der Waals surface area contributed by atoms with Crippen LogP contribution in [-0.2, 0) is 14.8 Å². The Balaban J connectivity index is 2.02. The van der Waals surface area contributed by atoms with E-state index >= 15 is 0 Å². The van der Waals surface area contributed by atoms with Crippen LogP contribution in [-0.4, -0.2) is 37.4 Å². The van der Waals surface area contributed by atoms with E-state index in [0.717, 1.165) is 0 Å². The van der Waals surface area contributed by atoms with Gasteiger partial charge in [0, 0.05) is 20.0 Å². The molecule has 0 amide bonds. The number of nitrogens with zero attached hydrogens (tertiary/aromatic N) is 1. The molecule has 1 fully saturated rings. The van der Waals surface area contributed by atoms with E-state index in [1.54, 1.807) is 12.1 Å². The highest BCUT2D eigenvalue weighted by atomic mass is 32.2. The van der Waals surface area contributed by atoms with Crippen LogP contribution in [0, 0.1) is 0 Å². The highest BCUT2D eigenvalue weighted by molar-refractivity contribution is 7.89. The topological polar surface area (TPSA) is 74.7 Å². The van der Waals surface area contributed by atoms with Gasteiger partial charge in [-0.25, -0.2) is 12.7 Å². The third-order valence-electron chi connectivity index (χ3n) is 4.53. The molecular formula is C17H25NO4S. The van der Waals surface area contributed by atoms with Crippen LogP contribution in [0.4, 0.5) is 0 Å². The number of sulfonamides is 1. The van der Waals surface area contributed by atoms with Gasteiger partial charge in [0.2, 0.25) is 10.0 Å². The molecule has 0 heterocycles. The zero-order valence-electron chi connectivity index (χ0n) is 13.6. The fraction of sp³-hybridized carbons (Fsp3) is 0.588. The molecule has 0 spiro atoms. The van der Waals surface area contributed by atoms with Gasteiger partial charge in [0.25, 0.3) is 0 Å². The van der Waals surface area contributed by atoms with Crippen molar-refractivity contribution in [1.82, 2.24) is 4.31 Å². The SMILES string of the molecule is CN(CCCC(=O)O)S(=O)(=O)c1ccc(C2CCCCC2)cc1. The zero-order valence-corrected chi connectivity index (χ0v) is 14.4. The molecule has 0 radical (unpaired) electrons. The molecule has 5 nitrogen and oxygen atoms in total. The molecule has 1 aliphatic carbocycles. The molecule has 128 valence electrons.